The van der Waals surface area contributed by atoms with Crippen LogP contribution < -0.4 is 5.32 Å². The van der Waals surface area contributed by atoms with Crippen LogP contribution in [0.15, 0.2) is 18.2 Å². The number of nitrogens with one attached hydrogen (secondary N) is 2. The summed E-state index contributed by atoms with van der Waals surface area (Å²) in [4.78, 5) is 26.3. The average Bonchev–Trinajstić information content (AvgIpc) is 2.73. The maximum atomic E-state index is 12.4. The third-order valence-corrected chi connectivity index (χ3v) is 3.61. The minimum absolute atomic E-state index is 0.231. The van der Waals surface area contributed by atoms with E-state index in [1.807, 2.05) is 19.9 Å². The minimum atomic E-state index is -2.81. The second-order valence-corrected chi connectivity index (χ2v) is 5.09. The zero-order valence-corrected chi connectivity index (χ0v) is 12.1. The second kappa shape index (κ2) is 6.13. The Morgan fingerprint density at radius 3 is 2.59 bits per heavy atom. The van der Waals surface area contributed by atoms with Crippen LogP contribution >= 0.6 is 0 Å². The van der Waals surface area contributed by atoms with Crippen molar-refractivity contribution >= 4 is 22.8 Å². The molecule has 1 aromatic heterocycles. The van der Waals surface area contributed by atoms with Gasteiger partial charge in [-0.3, -0.25) is 4.79 Å². The maximum absolute atomic E-state index is 12.4. The smallest absolute Gasteiger partial charge is 0.326 e. The summed E-state index contributed by atoms with van der Waals surface area (Å²) in [5.41, 5.74) is 2.66. The number of carbonyl (C=O) groups excluding carboxylic acids is 1. The van der Waals surface area contributed by atoms with Crippen molar-refractivity contribution in [2.45, 2.75) is 32.7 Å². The molecule has 1 atom stereocenters. The third-order valence-electron chi connectivity index (χ3n) is 3.61. The van der Waals surface area contributed by atoms with Crippen molar-refractivity contribution in [1.29, 1.82) is 0 Å². The largest absolute Gasteiger partial charge is 0.480 e. The molecule has 0 aliphatic rings. The fourth-order valence-electron chi connectivity index (χ4n) is 2.31. The molecule has 2 rings (SSSR count). The van der Waals surface area contributed by atoms with Crippen LogP contribution in [0.3, 0.4) is 0 Å². The predicted molar refractivity (Wildman–Crippen MR) is 77.3 cm³/mol. The van der Waals surface area contributed by atoms with E-state index in [0.717, 1.165) is 16.6 Å². The monoisotopic (exact) mass is 310 g/mol. The van der Waals surface area contributed by atoms with Gasteiger partial charge in [0.25, 0.3) is 5.91 Å². The summed E-state index contributed by atoms with van der Waals surface area (Å²) in [7, 11) is 0. The normalized spacial score (nSPS) is 12.6. The zero-order chi connectivity index (χ0) is 16.4. The van der Waals surface area contributed by atoms with Crippen molar-refractivity contribution in [1.82, 2.24) is 10.3 Å². The van der Waals surface area contributed by atoms with Crippen LogP contribution in [-0.2, 0) is 4.79 Å². The molecule has 2 aromatic rings. The number of para-hydroxylation sites is 1. The van der Waals surface area contributed by atoms with E-state index in [-0.39, 0.29) is 5.56 Å². The Balaban J connectivity index is 2.33. The van der Waals surface area contributed by atoms with E-state index in [0.29, 0.717) is 5.52 Å². The Labute approximate surface area is 125 Å². The number of fused-ring (bicyclic) bond motifs is 1. The molecule has 0 saturated heterocycles. The number of H-pyrrole nitrogens is 1. The molecule has 118 valence electrons. The van der Waals surface area contributed by atoms with Crippen molar-refractivity contribution in [3.05, 3.63) is 35.0 Å². The van der Waals surface area contributed by atoms with Gasteiger partial charge in [0.05, 0.1) is 11.1 Å². The van der Waals surface area contributed by atoms with E-state index < -0.39 is 30.8 Å². The van der Waals surface area contributed by atoms with Crippen LogP contribution in [0.5, 0.6) is 0 Å². The Kier molecular flexibility index (Phi) is 4.44. The molecule has 5 nitrogen and oxygen atoms in total. The Hall–Kier alpha value is -2.44. The van der Waals surface area contributed by atoms with Crippen molar-refractivity contribution in [3.63, 3.8) is 0 Å². The van der Waals surface area contributed by atoms with Crippen molar-refractivity contribution in [3.8, 4) is 0 Å². The van der Waals surface area contributed by atoms with E-state index in [4.69, 9.17) is 5.11 Å². The number of alkyl halides is 2. The molecule has 1 amide bonds. The average molecular weight is 310 g/mol. The number of amides is 1. The summed E-state index contributed by atoms with van der Waals surface area (Å²) in [6, 6.07) is 3.40. The first kappa shape index (κ1) is 15.9. The molecule has 3 N–H and O–H groups in total. The lowest BCUT2D eigenvalue weighted by Crippen LogP contribution is -2.42. The number of carboxylic acid groups (broad SMARTS) is 1. The van der Waals surface area contributed by atoms with Gasteiger partial charge in [-0.05, 0) is 25.5 Å². The summed E-state index contributed by atoms with van der Waals surface area (Å²) in [5.74, 6) is -2.18. The standard InChI is InChI=1S/C15H16F2N2O3/c1-7-8(2)18-13-9(7)4-3-5-10(13)14(20)19-11(15(21)22)6-12(16)17/h3-5,11-12,18H,6H2,1-2H3,(H,19,20)(H,21,22). The Morgan fingerprint density at radius 1 is 1.32 bits per heavy atom. The summed E-state index contributed by atoms with van der Waals surface area (Å²) >= 11 is 0. The topological polar surface area (TPSA) is 82.2 Å². The van der Waals surface area contributed by atoms with Gasteiger partial charge < -0.3 is 15.4 Å². The SMILES string of the molecule is Cc1[nH]c2c(C(=O)NC(CC(F)F)C(=O)O)cccc2c1C. The molecule has 0 aliphatic carbocycles. The van der Waals surface area contributed by atoms with E-state index in [1.165, 1.54) is 6.07 Å². The highest BCUT2D eigenvalue weighted by atomic mass is 19.3. The van der Waals surface area contributed by atoms with Crippen LogP contribution in [0, 0.1) is 13.8 Å². The number of aromatic nitrogens is 1. The lowest BCUT2D eigenvalue weighted by Gasteiger charge is -2.14. The number of halogens is 2. The number of aryl methyl sites for hydroxylation is 2. The molecule has 0 radical (unpaired) electrons. The molecule has 1 aromatic carbocycles. The number of hydrogen-bond donors (Lipinski definition) is 3. The van der Waals surface area contributed by atoms with Crippen molar-refractivity contribution < 1.29 is 23.5 Å². The quantitative estimate of drug-likeness (QED) is 0.794. The van der Waals surface area contributed by atoms with E-state index in [9.17, 15) is 18.4 Å². The van der Waals surface area contributed by atoms with Crippen molar-refractivity contribution in [2.24, 2.45) is 0 Å². The molecule has 0 bridgehead atoms. The first-order valence-corrected chi connectivity index (χ1v) is 6.71. The van der Waals surface area contributed by atoms with Gasteiger partial charge in [0.1, 0.15) is 6.04 Å². The Morgan fingerprint density at radius 2 is 2.00 bits per heavy atom. The number of carboxylic acids is 1. The van der Waals surface area contributed by atoms with Gasteiger partial charge in [-0.1, -0.05) is 12.1 Å². The fourth-order valence-corrected chi connectivity index (χ4v) is 2.31. The molecule has 0 spiro atoms. The van der Waals surface area contributed by atoms with Crippen LogP contribution in [0.1, 0.15) is 28.0 Å². The molecule has 7 heteroatoms. The highest BCUT2D eigenvalue weighted by Crippen LogP contribution is 2.24. The molecule has 1 unspecified atom stereocenters. The summed E-state index contributed by atoms with van der Waals surface area (Å²) in [6.07, 6.45) is -3.74. The van der Waals surface area contributed by atoms with E-state index in [1.54, 1.807) is 6.07 Å². The van der Waals surface area contributed by atoms with Crippen LogP contribution in [-0.4, -0.2) is 34.4 Å². The van der Waals surface area contributed by atoms with Gasteiger partial charge in [-0.15, -0.1) is 0 Å². The highest BCUT2D eigenvalue weighted by Gasteiger charge is 2.25. The highest BCUT2D eigenvalue weighted by molar-refractivity contribution is 6.07. The lowest BCUT2D eigenvalue weighted by atomic mass is 10.1. The summed E-state index contributed by atoms with van der Waals surface area (Å²) in [5, 5.41) is 11.9. The summed E-state index contributed by atoms with van der Waals surface area (Å²) < 4.78 is 24.8. The first-order valence-electron chi connectivity index (χ1n) is 6.71. The molecular weight excluding hydrogens is 294 g/mol. The number of aliphatic carboxylic acids is 1. The van der Waals surface area contributed by atoms with E-state index >= 15 is 0 Å². The van der Waals surface area contributed by atoms with Gasteiger partial charge >= 0.3 is 5.97 Å². The number of hydrogen-bond acceptors (Lipinski definition) is 2. The second-order valence-electron chi connectivity index (χ2n) is 5.09. The molecule has 1 heterocycles. The molecular formula is C15H16F2N2O3. The third kappa shape index (κ3) is 3.08. The first-order chi connectivity index (χ1) is 10.3. The minimum Gasteiger partial charge on any atom is -0.480 e. The van der Waals surface area contributed by atoms with Crippen molar-refractivity contribution in [2.75, 3.05) is 0 Å². The Bertz CT molecular complexity index is 725. The van der Waals surface area contributed by atoms with Gasteiger partial charge in [-0.2, -0.15) is 0 Å². The number of rotatable bonds is 5. The number of benzene rings is 1. The number of aromatic amines is 1. The van der Waals surface area contributed by atoms with E-state index in [2.05, 4.69) is 10.3 Å². The molecule has 0 fully saturated rings. The molecule has 0 aliphatic heterocycles. The van der Waals surface area contributed by atoms with Gasteiger partial charge in [-0.25, -0.2) is 13.6 Å². The van der Waals surface area contributed by atoms with Gasteiger partial charge in [0.2, 0.25) is 6.43 Å². The molecule has 22 heavy (non-hydrogen) atoms. The fraction of sp³-hybridized carbons (Fsp3) is 0.333. The van der Waals surface area contributed by atoms with Gasteiger partial charge in [0.15, 0.2) is 0 Å². The van der Waals surface area contributed by atoms with Crippen LogP contribution in [0.2, 0.25) is 0 Å². The number of carbonyl (C=O) groups is 2. The maximum Gasteiger partial charge on any atom is 0.326 e. The predicted octanol–water partition coefficient (Wildman–Crippen LogP) is 2.62. The van der Waals surface area contributed by atoms with Crippen LogP contribution in [0.4, 0.5) is 8.78 Å². The van der Waals surface area contributed by atoms with Gasteiger partial charge in [0, 0.05) is 17.5 Å². The molecule has 0 saturated carbocycles. The zero-order valence-electron chi connectivity index (χ0n) is 12.1. The lowest BCUT2D eigenvalue weighted by molar-refractivity contribution is -0.140. The summed E-state index contributed by atoms with van der Waals surface area (Å²) in [6.45, 7) is 3.75. The van der Waals surface area contributed by atoms with Crippen LogP contribution in [0.25, 0.3) is 10.9 Å².